The van der Waals surface area contributed by atoms with Crippen molar-refractivity contribution in [3.05, 3.63) is 12.2 Å². The Morgan fingerprint density at radius 3 is 2.84 bits per heavy atom. The van der Waals surface area contributed by atoms with E-state index < -0.39 is 0 Å². The number of amides is 2. The molecule has 0 radical (unpaired) electrons. The fraction of sp³-hybridized carbons (Fsp3) is 0.750. The molecular weight excluding hydrogens is 246 g/mol. The van der Waals surface area contributed by atoms with Crippen molar-refractivity contribution in [2.24, 2.45) is 0 Å². The molecule has 0 bridgehead atoms. The summed E-state index contributed by atoms with van der Waals surface area (Å²) in [4.78, 5) is 19.3. The van der Waals surface area contributed by atoms with Gasteiger partial charge in [-0.15, -0.1) is 0 Å². The van der Waals surface area contributed by atoms with E-state index in [9.17, 15) is 4.79 Å². The summed E-state index contributed by atoms with van der Waals surface area (Å²) < 4.78 is 4.94. The third-order valence-electron chi connectivity index (χ3n) is 3.33. The first-order valence-electron chi connectivity index (χ1n) is 6.62. The monoisotopic (exact) mass is 267 g/mol. The van der Waals surface area contributed by atoms with E-state index >= 15 is 0 Å². The topological polar surface area (TPSA) is 74.5 Å². The Labute approximate surface area is 112 Å². The van der Waals surface area contributed by atoms with Gasteiger partial charge in [0.1, 0.15) is 0 Å². The van der Waals surface area contributed by atoms with Crippen LogP contribution in [-0.2, 0) is 6.42 Å². The summed E-state index contributed by atoms with van der Waals surface area (Å²) in [5, 5.41) is 7.04. The predicted molar refractivity (Wildman–Crippen MR) is 69.7 cm³/mol. The van der Waals surface area contributed by atoms with Crippen molar-refractivity contribution in [3.63, 3.8) is 0 Å². The van der Waals surface area contributed by atoms with Gasteiger partial charge in [-0.3, -0.25) is 0 Å². The van der Waals surface area contributed by atoms with Crippen LogP contribution in [0.15, 0.2) is 10.9 Å². The smallest absolute Gasteiger partial charge is 0.319 e. The highest BCUT2D eigenvalue weighted by Crippen LogP contribution is 2.11. The summed E-state index contributed by atoms with van der Waals surface area (Å²) in [7, 11) is 3.58. The minimum Gasteiger partial charge on any atom is -0.340 e. The molecule has 1 saturated heterocycles. The highest BCUT2D eigenvalue weighted by Gasteiger charge is 2.23. The molecule has 0 saturated carbocycles. The zero-order chi connectivity index (χ0) is 13.7. The highest BCUT2D eigenvalue weighted by molar-refractivity contribution is 5.73. The zero-order valence-electron chi connectivity index (χ0n) is 11.5. The van der Waals surface area contributed by atoms with E-state index in [1.165, 1.54) is 6.33 Å². The number of carbonyl (C=O) groups is 1. The van der Waals surface area contributed by atoms with Crippen LogP contribution in [0, 0.1) is 0 Å². The molecule has 2 amide bonds. The molecule has 0 atom stereocenters. The Morgan fingerprint density at radius 2 is 2.26 bits per heavy atom. The summed E-state index contributed by atoms with van der Waals surface area (Å²) >= 11 is 0. The lowest BCUT2D eigenvalue weighted by molar-refractivity contribution is 0.152. The van der Waals surface area contributed by atoms with Crippen molar-refractivity contribution in [1.29, 1.82) is 0 Å². The van der Waals surface area contributed by atoms with Gasteiger partial charge in [0, 0.05) is 46.2 Å². The predicted octanol–water partition coefficient (Wildman–Crippen LogP) is 0.348. The molecule has 19 heavy (non-hydrogen) atoms. The van der Waals surface area contributed by atoms with Gasteiger partial charge in [-0.25, -0.2) is 4.79 Å². The second-order valence-electron chi connectivity index (χ2n) is 4.98. The standard InChI is InChI=1S/C12H21N5O2/c1-16(2)12(18)17-7-4-10(5-8-17)13-6-3-11-14-9-15-19-11/h9-10,13H,3-8H2,1-2H3. The Hall–Kier alpha value is -1.63. The number of urea groups is 1. The molecule has 7 nitrogen and oxygen atoms in total. The number of nitrogens with one attached hydrogen (secondary N) is 1. The molecule has 1 aromatic rings. The molecule has 2 heterocycles. The second kappa shape index (κ2) is 6.51. The minimum atomic E-state index is 0.101. The van der Waals surface area contributed by atoms with Gasteiger partial charge in [0.25, 0.3) is 0 Å². The molecule has 106 valence electrons. The first-order chi connectivity index (χ1) is 9.16. The lowest BCUT2D eigenvalue weighted by Gasteiger charge is -2.34. The van der Waals surface area contributed by atoms with Gasteiger partial charge in [-0.1, -0.05) is 5.16 Å². The van der Waals surface area contributed by atoms with E-state index in [0.717, 1.165) is 38.9 Å². The molecule has 1 aromatic heterocycles. The van der Waals surface area contributed by atoms with Crippen LogP contribution in [0.1, 0.15) is 18.7 Å². The molecule has 2 rings (SSSR count). The van der Waals surface area contributed by atoms with Crippen LogP contribution in [0.3, 0.4) is 0 Å². The Kier molecular flexibility index (Phi) is 4.73. The van der Waals surface area contributed by atoms with Gasteiger partial charge in [-0.2, -0.15) is 4.98 Å². The number of piperidine rings is 1. The van der Waals surface area contributed by atoms with Crippen LogP contribution in [0.5, 0.6) is 0 Å². The van der Waals surface area contributed by atoms with Crippen molar-refractivity contribution in [1.82, 2.24) is 25.3 Å². The fourth-order valence-electron chi connectivity index (χ4n) is 2.25. The average molecular weight is 267 g/mol. The molecule has 1 aliphatic heterocycles. The number of hydrogen-bond acceptors (Lipinski definition) is 5. The number of aromatic nitrogens is 2. The van der Waals surface area contributed by atoms with E-state index in [1.807, 2.05) is 4.90 Å². The third kappa shape index (κ3) is 3.92. The van der Waals surface area contributed by atoms with Crippen molar-refractivity contribution < 1.29 is 9.32 Å². The van der Waals surface area contributed by atoms with Crippen molar-refractivity contribution in [3.8, 4) is 0 Å². The number of carbonyl (C=O) groups excluding carboxylic acids is 1. The van der Waals surface area contributed by atoms with Crippen LogP contribution >= 0.6 is 0 Å². The quantitative estimate of drug-likeness (QED) is 0.852. The Balaban J connectivity index is 1.65. The average Bonchev–Trinajstić information content (AvgIpc) is 2.92. The lowest BCUT2D eigenvalue weighted by atomic mass is 10.1. The minimum absolute atomic E-state index is 0.101. The number of likely N-dealkylation sites (tertiary alicyclic amines) is 1. The van der Waals surface area contributed by atoms with Crippen LogP contribution in [0.2, 0.25) is 0 Å². The maximum Gasteiger partial charge on any atom is 0.319 e. The Morgan fingerprint density at radius 1 is 1.53 bits per heavy atom. The molecule has 1 fully saturated rings. The van der Waals surface area contributed by atoms with Gasteiger partial charge in [0.05, 0.1) is 0 Å². The van der Waals surface area contributed by atoms with Crippen LogP contribution in [0.4, 0.5) is 4.79 Å². The normalized spacial score (nSPS) is 16.6. The summed E-state index contributed by atoms with van der Waals surface area (Å²) in [6.07, 6.45) is 4.14. The van der Waals surface area contributed by atoms with E-state index in [0.29, 0.717) is 11.9 Å². The fourth-order valence-corrected chi connectivity index (χ4v) is 2.25. The summed E-state index contributed by atoms with van der Waals surface area (Å²) in [6.45, 7) is 2.46. The van der Waals surface area contributed by atoms with Crippen LogP contribution in [-0.4, -0.2) is 65.7 Å². The molecule has 0 aromatic carbocycles. The van der Waals surface area contributed by atoms with E-state index in [-0.39, 0.29) is 6.03 Å². The van der Waals surface area contributed by atoms with Gasteiger partial charge in [0.15, 0.2) is 6.33 Å². The third-order valence-corrected chi connectivity index (χ3v) is 3.33. The van der Waals surface area contributed by atoms with Crippen LogP contribution < -0.4 is 5.32 Å². The van der Waals surface area contributed by atoms with Crippen molar-refractivity contribution in [2.75, 3.05) is 33.7 Å². The first-order valence-corrected chi connectivity index (χ1v) is 6.62. The molecular formula is C12H21N5O2. The SMILES string of the molecule is CN(C)C(=O)N1CCC(NCCc2ncno2)CC1. The molecule has 0 unspecified atom stereocenters. The van der Waals surface area contributed by atoms with E-state index in [2.05, 4.69) is 15.5 Å². The largest absolute Gasteiger partial charge is 0.340 e. The first kappa shape index (κ1) is 13.8. The number of hydrogen-bond donors (Lipinski definition) is 1. The Bertz CT molecular complexity index is 385. The van der Waals surface area contributed by atoms with Crippen molar-refractivity contribution in [2.45, 2.75) is 25.3 Å². The summed E-state index contributed by atoms with van der Waals surface area (Å²) in [5.41, 5.74) is 0. The maximum absolute atomic E-state index is 11.8. The van der Waals surface area contributed by atoms with E-state index in [1.54, 1.807) is 19.0 Å². The van der Waals surface area contributed by atoms with Gasteiger partial charge < -0.3 is 19.6 Å². The van der Waals surface area contributed by atoms with Gasteiger partial charge >= 0.3 is 6.03 Å². The van der Waals surface area contributed by atoms with Gasteiger partial charge in [0.2, 0.25) is 5.89 Å². The summed E-state index contributed by atoms with van der Waals surface area (Å²) in [6, 6.07) is 0.568. The molecule has 1 N–H and O–H groups in total. The van der Waals surface area contributed by atoms with Crippen molar-refractivity contribution >= 4 is 6.03 Å². The highest BCUT2D eigenvalue weighted by atomic mass is 16.5. The molecule has 1 aliphatic rings. The van der Waals surface area contributed by atoms with E-state index in [4.69, 9.17) is 4.52 Å². The molecule has 0 aliphatic carbocycles. The van der Waals surface area contributed by atoms with Gasteiger partial charge in [-0.05, 0) is 12.8 Å². The number of nitrogens with zero attached hydrogens (tertiary/aromatic N) is 4. The zero-order valence-corrected chi connectivity index (χ0v) is 11.5. The maximum atomic E-state index is 11.8. The summed E-state index contributed by atoms with van der Waals surface area (Å²) in [5.74, 6) is 0.660. The molecule has 0 spiro atoms. The molecule has 7 heteroatoms. The number of rotatable bonds is 4. The lowest BCUT2D eigenvalue weighted by Crippen LogP contribution is -2.48. The van der Waals surface area contributed by atoms with Crippen LogP contribution in [0.25, 0.3) is 0 Å². The second-order valence-corrected chi connectivity index (χ2v) is 4.98.